The van der Waals surface area contributed by atoms with E-state index in [4.69, 9.17) is 9.84 Å². The molecule has 2 N–H and O–H groups in total. The number of carboxylic acid groups (broad SMARTS) is 1. The SMILES string of the molecule is COC[C@@H]1CN(C(=O)O)C[C@H]1O. The molecule has 0 unspecified atom stereocenters. The zero-order valence-corrected chi connectivity index (χ0v) is 6.93. The maximum absolute atomic E-state index is 10.5. The standard InChI is InChI=1S/C7H13NO4/c1-12-4-5-2-8(7(10)11)3-6(5)9/h5-6,9H,2-4H2,1H3,(H,10,11)/t5-,6+/m0/s1. The second-order valence-electron chi connectivity index (χ2n) is 2.97. The lowest BCUT2D eigenvalue weighted by Crippen LogP contribution is -2.27. The van der Waals surface area contributed by atoms with Crippen LogP contribution < -0.4 is 0 Å². The second kappa shape index (κ2) is 3.73. The van der Waals surface area contributed by atoms with Crippen molar-refractivity contribution < 1.29 is 19.7 Å². The Kier molecular flexibility index (Phi) is 2.88. The summed E-state index contributed by atoms with van der Waals surface area (Å²) < 4.78 is 4.84. The molecule has 0 aromatic heterocycles. The minimum atomic E-state index is -0.979. The highest BCUT2D eigenvalue weighted by molar-refractivity contribution is 5.65. The number of aliphatic hydroxyl groups excluding tert-OH is 1. The number of ether oxygens (including phenoxy) is 1. The van der Waals surface area contributed by atoms with Gasteiger partial charge in [0.05, 0.1) is 19.3 Å². The van der Waals surface area contributed by atoms with Crippen LogP contribution in [0.3, 0.4) is 0 Å². The summed E-state index contributed by atoms with van der Waals surface area (Å²) in [4.78, 5) is 11.7. The molecule has 0 radical (unpaired) electrons. The summed E-state index contributed by atoms with van der Waals surface area (Å²) in [6, 6.07) is 0. The van der Waals surface area contributed by atoms with E-state index in [-0.39, 0.29) is 12.5 Å². The van der Waals surface area contributed by atoms with E-state index in [1.165, 1.54) is 12.0 Å². The normalized spacial score (nSPS) is 29.3. The third kappa shape index (κ3) is 1.86. The second-order valence-corrected chi connectivity index (χ2v) is 2.97. The van der Waals surface area contributed by atoms with Gasteiger partial charge in [0.15, 0.2) is 0 Å². The molecule has 0 bridgehead atoms. The first-order valence-corrected chi connectivity index (χ1v) is 3.80. The van der Waals surface area contributed by atoms with Crippen LogP contribution in [0.15, 0.2) is 0 Å². The maximum atomic E-state index is 10.5. The van der Waals surface area contributed by atoms with Crippen molar-refractivity contribution in [1.29, 1.82) is 0 Å². The van der Waals surface area contributed by atoms with Crippen molar-refractivity contribution in [2.75, 3.05) is 26.8 Å². The first-order valence-electron chi connectivity index (χ1n) is 3.80. The smallest absolute Gasteiger partial charge is 0.407 e. The molecule has 1 rings (SSSR count). The van der Waals surface area contributed by atoms with Gasteiger partial charge in [-0.05, 0) is 0 Å². The molecule has 1 amide bonds. The minimum absolute atomic E-state index is 0.0777. The van der Waals surface area contributed by atoms with Crippen LogP contribution in [0.2, 0.25) is 0 Å². The highest BCUT2D eigenvalue weighted by Crippen LogP contribution is 2.16. The molecule has 0 spiro atoms. The molecule has 5 heteroatoms. The van der Waals surface area contributed by atoms with Gasteiger partial charge in [0.2, 0.25) is 0 Å². The summed E-state index contributed by atoms with van der Waals surface area (Å²) in [5, 5.41) is 17.9. The van der Waals surface area contributed by atoms with Crippen LogP contribution in [0.1, 0.15) is 0 Å². The number of nitrogens with zero attached hydrogens (tertiary/aromatic N) is 1. The highest BCUT2D eigenvalue weighted by atomic mass is 16.5. The van der Waals surface area contributed by atoms with E-state index in [0.717, 1.165) is 0 Å². The van der Waals surface area contributed by atoms with Crippen molar-refractivity contribution in [1.82, 2.24) is 4.90 Å². The van der Waals surface area contributed by atoms with Crippen LogP contribution in [-0.4, -0.2) is 54.1 Å². The molecule has 1 saturated heterocycles. The molecule has 0 aromatic carbocycles. The Morgan fingerprint density at radius 3 is 2.75 bits per heavy atom. The molecule has 1 aliphatic heterocycles. The van der Waals surface area contributed by atoms with Gasteiger partial charge in [-0.1, -0.05) is 0 Å². The van der Waals surface area contributed by atoms with Crippen molar-refractivity contribution in [3.63, 3.8) is 0 Å². The molecular formula is C7H13NO4. The molecule has 0 aliphatic carbocycles. The zero-order valence-electron chi connectivity index (χ0n) is 6.93. The van der Waals surface area contributed by atoms with Crippen LogP contribution in [0, 0.1) is 5.92 Å². The van der Waals surface area contributed by atoms with Crippen molar-refractivity contribution in [3.05, 3.63) is 0 Å². The Morgan fingerprint density at radius 2 is 2.33 bits per heavy atom. The fourth-order valence-corrected chi connectivity index (χ4v) is 1.39. The fraction of sp³-hybridized carbons (Fsp3) is 0.857. The first kappa shape index (κ1) is 9.28. The number of methoxy groups -OCH3 is 1. The third-order valence-electron chi connectivity index (χ3n) is 2.06. The number of β-amino-alcohol motifs (C(OH)–C–C–N with tert-alkyl or cyclic N) is 1. The molecule has 70 valence electrons. The Hall–Kier alpha value is -0.810. The molecule has 1 fully saturated rings. The summed E-state index contributed by atoms with van der Waals surface area (Å²) in [6.45, 7) is 0.971. The van der Waals surface area contributed by atoms with Crippen molar-refractivity contribution >= 4 is 6.09 Å². The number of hydrogen-bond acceptors (Lipinski definition) is 3. The Labute approximate surface area is 70.5 Å². The molecule has 0 saturated carbocycles. The van der Waals surface area contributed by atoms with Gasteiger partial charge in [0.1, 0.15) is 0 Å². The van der Waals surface area contributed by atoms with Crippen molar-refractivity contribution in [2.45, 2.75) is 6.10 Å². The molecule has 1 heterocycles. The summed E-state index contributed by atoms with van der Waals surface area (Å²) in [5.74, 6) is -0.0777. The summed E-state index contributed by atoms with van der Waals surface area (Å²) in [6.07, 6.45) is -1.56. The average Bonchev–Trinajstić information content (AvgIpc) is 2.34. The number of rotatable bonds is 2. The van der Waals surface area contributed by atoms with Crippen molar-refractivity contribution in [2.24, 2.45) is 5.92 Å². The van der Waals surface area contributed by atoms with E-state index in [1.807, 2.05) is 0 Å². The summed E-state index contributed by atoms with van der Waals surface area (Å²) in [7, 11) is 1.54. The van der Waals surface area contributed by atoms with Gasteiger partial charge in [-0.3, -0.25) is 0 Å². The van der Waals surface area contributed by atoms with Crippen LogP contribution in [-0.2, 0) is 4.74 Å². The van der Waals surface area contributed by atoms with Gasteiger partial charge < -0.3 is 19.8 Å². The van der Waals surface area contributed by atoms with Crippen LogP contribution in [0.4, 0.5) is 4.79 Å². The number of hydrogen-bond donors (Lipinski definition) is 2. The largest absolute Gasteiger partial charge is 0.465 e. The Bertz CT molecular complexity index is 173. The predicted octanol–water partition coefficient (Wildman–Crippen LogP) is -0.397. The van der Waals surface area contributed by atoms with E-state index >= 15 is 0 Å². The van der Waals surface area contributed by atoms with Gasteiger partial charge in [-0.15, -0.1) is 0 Å². The number of amides is 1. The number of aliphatic hydroxyl groups is 1. The van der Waals surface area contributed by atoms with E-state index in [9.17, 15) is 9.90 Å². The lowest BCUT2D eigenvalue weighted by molar-refractivity contribution is 0.0790. The van der Waals surface area contributed by atoms with Gasteiger partial charge >= 0.3 is 6.09 Å². The first-order chi connectivity index (χ1) is 5.65. The van der Waals surface area contributed by atoms with Gasteiger partial charge in [0.25, 0.3) is 0 Å². The molecule has 2 atom stereocenters. The molecule has 12 heavy (non-hydrogen) atoms. The lowest BCUT2D eigenvalue weighted by Gasteiger charge is -2.10. The van der Waals surface area contributed by atoms with E-state index in [1.54, 1.807) is 0 Å². The Morgan fingerprint density at radius 1 is 1.67 bits per heavy atom. The third-order valence-corrected chi connectivity index (χ3v) is 2.06. The van der Waals surface area contributed by atoms with E-state index in [0.29, 0.717) is 13.2 Å². The summed E-state index contributed by atoms with van der Waals surface area (Å²) >= 11 is 0. The fourth-order valence-electron chi connectivity index (χ4n) is 1.39. The highest BCUT2D eigenvalue weighted by Gasteiger charge is 2.33. The summed E-state index contributed by atoms with van der Waals surface area (Å²) in [5.41, 5.74) is 0. The predicted molar refractivity (Wildman–Crippen MR) is 41.0 cm³/mol. The molecular weight excluding hydrogens is 162 g/mol. The van der Waals surface area contributed by atoms with Crippen LogP contribution >= 0.6 is 0 Å². The van der Waals surface area contributed by atoms with E-state index < -0.39 is 12.2 Å². The molecule has 1 aliphatic rings. The number of carbonyl (C=O) groups is 1. The van der Waals surface area contributed by atoms with E-state index in [2.05, 4.69) is 0 Å². The topological polar surface area (TPSA) is 70.0 Å². The molecule has 5 nitrogen and oxygen atoms in total. The van der Waals surface area contributed by atoms with Crippen LogP contribution in [0.5, 0.6) is 0 Å². The maximum Gasteiger partial charge on any atom is 0.407 e. The lowest BCUT2D eigenvalue weighted by atomic mass is 10.1. The van der Waals surface area contributed by atoms with Crippen molar-refractivity contribution in [3.8, 4) is 0 Å². The molecule has 0 aromatic rings. The quantitative estimate of drug-likeness (QED) is 0.599. The van der Waals surface area contributed by atoms with Gasteiger partial charge in [-0.2, -0.15) is 0 Å². The van der Waals surface area contributed by atoms with Gasteiger partial charge in [0, 0.05) is 19.6 Å². The minimum Gasteiger partial charge on any atom is -0.465 e. The zero-order chi connectivity index (χ0) is 9.14. The van der Waals surface area contributed by atoms with Gasteiger partial charge in [-0.25, -0.2) is 4.79 Å². The average molecular weight is 175 g/mol. The number of likely N-dealkylation sites (tertiary alicyclic amines) is 1. The Balaban J connectivity index is 2.44. The monoisotopic (exact) mass is 175 g/mol. The van der Waals surface area contributed by atoms with Crippen LogP contribution in [0.25, 0.3) is 0 Å².